The molecule has 0 aliphatic rings. The summed E-state index contributed by atoms with van der Waals surface area (Å²) in [6.07, 6.45) is -0.350. The van der Waals surface area contributed by atoms with Gasteiger partial charge >= 0.3 is 6.09 Å². The lowest BCUT2D eigenvalue weighted by molar-refractivity contribution is 0.157. The molecule has 0 bridgehead atoms. The highest BCUT2D eigenvalue weighted by molar-refractivity contribution is 9.10. The maximum absolute atomic E-state index is 11.8. The van der Waals surface area contributed by atoms with E-state index in [4.69, 9.17) is 16.3 Å². The summed E-state index contributed by atoms with van der Waals surface area (Å²) in [5.74, 6) is 0.495. The van der Waals surface area contributed by atoms with Gasteiger partial charge in [-0.2, -0.15) is 0 Å². The lowest BCUT2D eigenvalue weighted by Gasteiger charge is -2.19. The van der Waals surface area contributed by atoms with Gasteiger partial charge in [0.15, 0.2) is 0 Å². The summed E-state index contributed by atoms with van der Waals surface area (Å²) in [5, 5.41) is 0.565. The van der Waals surface area contributed by atoms with E-state index in [0.29, 0.717) is 23.9 Å². The molecular weight excluding hydrogens is 330 g/mol. The standard InChI is InChI=1S/C12H15BrClNO2.C2H6/c1-4-15(5-2)12(16)17-10-7-6-9(13)11(14)8(10)3;1-2/h6-7H,4-5H2,1-3H3;1-2H3. The summed E-state index contributed by atoms with van der Waals surface area (Å²) in [4.78, 5) is 13.4. The monoisotopic (exact) mass is 349 g/mol. The van der Waals surface area contributed by atoms with Crippen LogP contribution in [-0.4, -0.2) is 24.1 Å². The normalized spacial score (nSPS) is 9.42. The molecule has 0 aliphatic carbocycles. The molecular formula is C14H21BrClNO2. The summed E-state index contributed by atoms with van der Waals surface area (Å²) in [6, 6.07) is 3.49. The van der Waals surface area contributed by atoms with Crippen LogP contribution in [0.4, 0.5) is 4.79 Å². The Hall–Kier alpha value is -0.740. The Morgan fingerprint density at radius 1 is 1.32 bits per heavy atom. The molecule has 3 nitrogen and oxygen atoms in total. The molecule has 1 amide bonds. The van der Waals surface area contributed by atoms with Crippen molar-refractivity contribution in [3.8, 4) is 5.75 Å². The van der Waals surface area contributed by atoms with E-state index in [1.165, 1.54) is 0 Å². The molecule has 0 aliphatic heterocycles. The largest absolute Gasteiger partial charge is 0.415 e. The van der Waals surface area contributed by atoms with E-state index < -0.39 is 0 Å². The number of carbonyl (C=O) groups excluding carboxylic acids is 1. The summed E-state index contributed by atoms with van der Waals surface area (Å²) < 4.78 is 6.10. The van der Waals surface area contributed by atoms with Crippen LogP contribution in [0.1, 0.15) is 33.3 Å². The van der Waals surface area contributed by atoms with Crippen LogP contribution in [0.3, 0.4) is 0 Å². The summed E-state index contributed by atoms with van der Waals surface area (Å²) in [7, 11) is 0. The third kappa shape index (κ3) is 5.03. The minimum atomic E-state index is -0.350. The number of hydrogen-bond donors (Lipinski definition) is 0. The Morgan fingerprint density at radius 3 is 2.32 bits per heavy atom. The number of nitrogens with zero attached hydrogens (tertiary/aromatic N) is 1. The van der Waals surface area contributed by atoms with E-state index in [2.05, 4.69) is 15.9 Å². The predicted molar refractivity (Wildman–Crippen MR) is 84.2 cm³/mol. The second kappa shape index (κ2) is 9.21. The minimum Gasteiger partial charge on any atom is -0.410 e. The lowest BCUT2D eigenvalue weighted by atomic mass is 10.2. The molecule has 0 fully saturated rings. The third-order valence-corrected chi connectivity index (χ3v) is 3.88. The molecule has 108 valence electrons. The van der Waals surface area contributed by atoms with Crippen molar-refractivity contribution in [3.05, 3.63) is 27.2 Å². The zero-order chi connectivity index (χ0) is 15.0. The van der Waals surface area contributed by atoms with Gasteiger partial charge in [0.1, 0.15) is 5.75 Å². The van der Waals surface area contributed by atoms with Gasteiger partial charge in [-0.3, -0.25) is 0 Å². The highest BCUT2D eigenvalue weighted by atomic mass is 79.9. The van der Waals surface area contributed by atoms with Gasteiger partial charge in [0, 0.05) is 23.1 Å². The second-order valence-corrected chi connectivity index (χ2v) is 4.76. The van der Waals surface area contributed by atoms with Gasteiger partial charge in [0.05, 0.1) is 5.02 Å². The number of hydrogen-bond acceptors (Lipinski definition) is 2. The van der Waals surface area contributed by atoms with Gasteiger partial charge in [-0.1, -0.05) is 25.4 Å². The van der Waals surface area contributed by atoms with E-state index in [-0.39, 0.29) is 6.09 Å². The van der Waals surface area contributed by atoms with Gasteiger partial charge in [-0.15, -0.1) is 0 Å². The average molecular weight is 351 g/mol. The van der Waals surface area contributed by atoms with E-state index in [9.17, 15) is 4.79 Å². The number of carbonyl (C=O) groups is 1. The Kier molecular flexibility index (Phi) is 8.85. The second-order valence-electron chi connectivity index (χ2n) is 3.52. The van der Waals surface area contributed by atoms with Crippen LogP contribution in [0.5, 0.6) is 5.75 Å². The zero-order valence-electron chi connectivity index (χ0n) is 12.1. The summed E-state index contributed by atoms with van der Waals surface area (Å²) >= 11 is 9.38. The van der Waals surface area contributed by atoms with Crippen LogP contribution in [0.25, 0.3) is 0 Å². The maximum Gasteiger partial charge on any atom is 0.415 e. The molecule has 1 aromatic rings. The average Bonchev–Trinajstić information content (AvgIpc) is 2.43. The molecule has 0 aromatic heterocycles. The van der Waals surface area contributed by atoms with Gasteiger partial charge < -0.3 is 9.64 Å². The summed E-state index contributed by atoms with van der Waals surface area (Å²) in [6.45, 7) is 10.9. The van der Waals surface area contributed by atoms with Crippen LogP contribution >= 0.6 is 27.5 Å². The molecule has 19 heavy (non-hydrogen) atoms. The first kappa shape index (κ1) is 18.3. The Labute approximate surface area is 129 Å². The zero-order valence-corrected chi connectivity index (χ0v) is 14.4. The highest BCUT2D eigenvalue weighted by Gasteiger charge is 2.15. The SMILES string of the molecule is CC.CCN(CC)C(=O)Oc1ccc(Br)c(Cl)c1C. The fraction of sp³-hybridized carbons (Fsp3) is 0.500. The smallest absolute Gasteiger partial charge is 0.410 e. The van der Waals surface area contributed by atoms with Crippen LogP contribution in [-0.2, 0) is 0 Å². The van der Waals surface area contributed by atoms with Crippen molar-refractivity contribution in [3.63, 3.8) is 0 Å². The highest BCUT2D eigenvalue weighted by Crippen LogP contribution is 2.32. The van der Waals surface area contributed by atoms with Crippen molar-refractivity contribution in [1.29, 1.82) is 0 Å². The Balaban J connectivity index is 0.00000154. The molecule has 0 spiro atoms. The third-order valence-electron chi connectivity index (χ3n) is 2.51. The number of amides is 1. The van der Waals surface area contributed by atoms with E-state index >= 15 is 0 Å². The fourth-order valence-corrected chi connectivity index (χ4v) is 1.97. The number of benzene rings is 1. The molecule has 0 atom stereocenters. The van der Waals surface area contributed by atoms with Gasteiger partial charge in [-0.25, -0.2) is 4.79 Å². The van der Waals surface area contributed by atoms with Gasteiger partial charge in [0.25, 0.3) is 0 Å². The van der Waals surface area contributed by atoms with Crippen LogP contribution in [0.15, 0.2) is 16.6 Å². The van der Waals surface area contributed by atoms with Crippen molar-refractivity contribution >= 4 is 33.6 Å². The molecule has 0 saturated carbocycles. The van der Waals surface area contributed by atoms with Crippen LogP contribution in [0.2, 0.25) is 5.02 Å². The molecule has 0 heterocycles. The molecule has 1 aromatic carbocycles. The maximum atomic E-state index is 11.8. The number of rotatable bonds is 3. The van der Waals surface area contributed by atoms with Crippen molar-refractivity contribution in [2.24, 2.45) is 0 Å². The van der Waals surface area contributed by atoms with Crippen molar-refractivity contribution in [2.75, 3.05) is 13.1 Å². The fourth-order valence-electron chi connectivity index (χ4n) is 1.39. The minimum absolute atomic E-state index is 0.350. The summed E-state index contributed by atoms with van der Waals surface area (Å²) in [5.41, 5.74) is 0.751. The molecule has 1 rings (SSSR count). The predicted octanol–water partition coefficient (Wildman–Crippen LogP) is 5.28. The lowest BCUT2D eigenvalue weighted by Crippen LogP contribution is -2.33. The van der Waals surface area contributed by atoms with Crippen LogP contribution < -0.4 is 4.74 Å². The van der Waals surface area contributed by atoms with Gasteiger partial charge in [0.2, 0.25) is 0 Å². The van der Waals surface area contributed by atoms with Crippen LogP contribution in [0, 0.1) is 6.92 Å². The number of halogens is 2. The van der Waals surface area contributed by atoms with Crippen molar-refractivity contribution in [2.45, 2.75) is 34.6 Å². The van der Waals surface area contributed by atoms with E-state index in [0.717, 1.165) is 10.0 Å². The van der Waals surface area contributed by atoms with Gasteiger partial charge in [-0.05, 0) is 48.8 Å². The van der Waals surface area contributed by atoms with E-state index in [1.54, 1.807) is 17.0 Å². The van der Waals surface area contributed by atoms with Crippen molar-refractivity contribution < 1.29 is 9.53 Å². The Bertz CT molecular complexity index is 420. The quantitative estimate of drug-likeness (QED) is 0.742. The topological polar surface area (TPSA) is 29.5 Å². The van der Waals surface area contributed by atoms with E-state index in [1.807, 2.05) is 34.6 Å². The Morgan fingerprint density at radius 2 is 1.84 bits per heavy atom. The molecule has 0 saturated heterocycles. The first-order valence-corrected chi connectivity index (χ1v) is 7.59. The first-order valence-electron chi connectivity index (χ1n) is 6.42. The molecule has 0 radical (unpaired) electrons. The molecule has 0 unspecified atom stereocenters. The van der Waals surface area contributed by atoms with Crippen molar-refractivity contribution in [1.82, 2.24) is 4.90 Å². The first-order chi connectivity index (χ1) is 9.01. The number of ether oxygens (including phenoxy) is 1. The molecule has 5 heteroatoms. The molecule has 0 N–H and O–H groups in total.